The minimum Gasteiger partial charge on any atom is -0.304 e. The number of pyridine rings is 1. The number of rotatable bonds is 2. The molecule has 4 nitrogen and oxygen atoms in total. The molecule has 1 aliphatic rings. The summed E-state index contributed by atoms with van der Waals surface area (Å²) in [4.78, 5) is 9.04. The minimum absolute atomic E-state index is 0.232. The van der Waals surface area contributed by atoms with Crippen molar-refractivity contribution in [3.05, 3.63) is 40.5 Å². The highest BCUT2D eigenvalue weighted by molar-refractivity contribution is 9.10. The highest BCUT2D eigenvalue weighted by atomic mass is 79.9. The van der Waals surface area contributed by atoms with Crippen LogP contribution in [-0.2, 0) is 0 Å². The highest BCUT2D eigenvalue weighted by Crippen LogP contribution is 2.31. The Morgan fingerprint density at radius 1 is 1.24 bits per heavy atom. The second kappa shape index (κ2) is 6.10. The summed E-state index contributed by atoms with van der Waals surface area (Å²) >= 11 is 3.56. The molecule has 0 radical (unpaired) electrons. The van der Waals surface area contributed by atoms with E-state index in [1.165, 1.54) is 0 Å². The van der Waals surface area contributed by atoms with Crippen molar-refractivity contribution in [2.45, 2.75) is 6.04 Å². The van der Waals surface area contributed by atoms with E-state index in [1.807, 2.05) is 24.3 Å². The maximum absolute atomic E-state index is 9.68. The number of aromatic nitrogens is 1. The first kappa shape index (κ1) is 14.5. The summed E-state index contributed by atoms with van der Waals surface area (Å²) in [5, 5.41) is 10.7. The van der Waals surface area contributed by atoms with Gasteiger partial charge in [-0.05, 0) is 19.2 Å². The quantitative estimate of drug-likeness (QED) is 0.840. The fourth-order valence-electron chi connectivity index (χ4n) is 2.81. The summed E-state index contributed by atoms with van der Waals surface area (Å²) in [7, 11) is 2.12. The molecule has 1 aromatic heterocycles. The molecule has 0 bridgehead atoms. The normalized spacial score (nSPS) is 18.5. The Bertz CT molecular complexity index is 686. The molecule has 1 saturated heterocycles. The van der Waals surface area contributed by atoms with Crippen LogP contribution in [0.2, 0.25) is 0 Å². The van der Waals surface area contributed by atoms with Crippen LogP contribution < -0.4 is 0 Å². The predicted molar refractivity (Wildman–Crippen MR) is 86.9 cm³/mol. The molecule has 5 heteroatoms. The van der Waals surface area contributed by atoms with Crippen molar-refractivity contribution < 1.29 is 0 Å². The summed E-state index contributed by atoms with van der Waals surface area (Å²) in [6.07, 6.45) is 1.79. The van der Waals surface area contributed by atoms with E-state index in [4.69, 9.17) is 0 Å². The van der Waals surface area contributed by atoms with Gasteiger partial charge in [-0.25, -0.2) is 0 Å². The van der Waals surface area contributed by atoms with Crippen molar-refractivity contribution in [2.24, 2.45) is 0 Å². The molecule has 3 rings (SSSR count). The Labute approximate surface area is 133 Å². The molecule has 1 aliphatic heterocycles. The van der Waals surface area contributed by atoms with E-state index in [-0.39, 0.29) is 6.04 Å². The summed E-state index contributed by atoms with van der Waals surface area (Å²) in [6, 6.07) is 10.2. The molecule has 1 aromatic carbocycles. The Morgan fingerprint density at radius 3 is 2.71 bits per heavy atom. The molecule has 0 saturated carbocycles. The average Bonchev–Trinajstić information content (AvgIpc) is 2.52. The zero-order valence-electron chi connectivity index (χ0n) is 12.0. The van der Waals surface area contributed by atoms with Gasteiger partial charge in [-0.3, -0.25) is 9.88 Å². The lowest BCUT2D eigenvalue weighted by atomic mass is 10.0. The standard InChI is InChI=1S/C16H17BrN4/c1-20-7-9-21(10-8-20)15(11-18)13-4-5-14(17)12-3-2-6-19-16(12)13/h2-6,15H,7-10H2,1H3. The molecule has 0 spiro atoms. The summed E-state index contributed by atoms with van der Waals surface area (Å²) < 4.78 is 1.02. The van der Waals surface area contributed by atoms with Gasteiger partial charge < -0.3 is 4.90 Å². The molecular formula is C16H17BrN4. The van der Waals surface area contributed by atoms with Gasteiger partial charge in [-0.2, -0.15) is 5.26 Å². The Kier molecular flexibility index (Phi) is 4.20. The molecule has 1 unspecified atom stereocenters. The second-order valence-corrected chi connectivity index (χ2v) is 6.26. The first-order valence-electron chi connectivity index (χ1n) is 7.06. The molecule has 108 valence electrons. The van der Waals surface area contributed by atoms with E-state index in [1.54, 1.807) is 6.20 Å². The van der Waals surface area contributed by atoms with Crippen molar-refractivity contribution in [3.8, 4) is 6.07 Å². The van der Waals surface area contributed by atoms with Gasteiger partial charge in [0.05, 0.1) is 11.6 Å². The fraction of sp³-hybridized carbons (Fsp3) is 0.375. The summed E-state index contributed by atoms with van der Waals surface area (Å²) in [5.41, 5.74) is 1.92. The SMILES string of the molecule is CN1CCN(C(C#N)c2ccc(Br)c3cccnc23)CC1. The van der Waals surface area contributed by atoms with Gasteiger partial charge in [0.2, 0.25) is 0 Å². The largest absolute Gasteiger partial charge is 0.304 e. The van der Waals surface area contributed by atoms with Gasteiger partial charge in [-0.1, -0.05) is 28.1 Å². The number of piperazine rings is 1. The van der Waals surface area contributed by atoms with Gasteiger partial charge in [-0.15, -0.1) is 0 Å². The number of likely N-dealkylation sites (N-methyl/N-ethyl adjacent to an activating group) is 1. The lowest BCUT2D eigenvalue weighted by Gasteiger charge is -2.35. The topological polar surface area (TPSA) is 43.2 Å². The molecule has 1 fully saturated rings. The monoisotopic (exact) mass is 344 g/mol. The fourth-order valence-corrected chi connectivity index (χ4v) is 3.26. The number of halogens is 1. The predicted octanol–water partition coefficient (Wildman–Crippen LogP) is 2.81. The number of benzene rings is 1. The third-order valence-electron chi connectivity index (χ3n) is 4.07. The highest BCUT2D eigenvalue weighted by Gasteiger charge is 2.25. The van der Waals surface area contributed by atoms with E-state index in [0.29, 0.717) is 0 Å². The van der Waals surface area contributed by atoms with Crippen LogP contribution in [0.15, 0.2) is 34.9 Å². The van der Waals surface area contributed by atoms with Crippen molar-refractivity contribution in [1.29, 1.82) is 5.26 Å². The molecule has 2 heterocycles. The molecule has 0 amide bonds. The molecule has 0 aliphatic carbocycles. The number of hydrogen-bond acceptors (Lipinski definition) is 4. The molecule has 21 heavy (non-hydrogen) atoms. The van der Waals surface area contributed by atoms with Crippen LogP contribution in [0.1, 0.15) is 11.6 Å². The third kappa shape index (κ3) is 2.80. The van der Waals surface area contributed by atoms with E-state index in [9.17, 15) is 5.26 Å². The van der Waals surface area contributed by atoms with Crippen LogP contribution in [0.5, 0.6) is 0 Å². The van der Waals surface area contributed by atoms with E-state index < -0.39 is 0 Å². The van der Waals surface area contributed by atoms with E-state index in [0.717, 1.165) is 47.1 Å². The number of fused-ring (bicyclic) bond motifs is 1. The lowest BCUT2D eigenvalue weighted by Crippen LogP contribution is -2.45. The Balaban J connectivity index is 2.02. The molecule has 0 N–H and O–H groups in total. The van der Waals surface area contributed by atoms with Gasteiger partial charge in [0, 0.05) is 47.8 Å². The number of hydrogen-bond donors (Lipinski definition) is 0. The first-order chi connectivity index (χ1) is 10.2. The number of nitrogens with zero attached hydrogens (tertiary/aromatic N) is 4. The smallest absolute Gasteiger partial charge is 0.126 e. The second-order valence-electron chi connectivity index (χ2n) is 5.41. The van der Waals surface area contributed by atoms with Crippen LogP contribution in [0.25, 0.3) is 10.9 Å². The molecule has 1 atom stereocenters. The van der Waals surface area contributed by atoms with Gasteiger partial charge in [0.15, 0.2) is 0 Å². The maximum atomic E-state index is 9.68. The van der Waals surface area contributed by atoms with Crippen LogP contribution in [0.4, 0.5) is 0 Å². The first-order valence-corrected chi connectivity index (χ1v) is 7.85. The maximum Gasteiger partial charge on any atom is 0.126 e. The van der Waals surface area contributed by atoms with Gasteiger partial charge in [0.1, 0.15) is 6.04 Å². The van der Waals surface area contributed by atoms with Crippen LogP contribution >= 0.6 is 15.9 Å². The lowest BCUT2D eigenvalue weighted by molar-refractivity contribution is 0.133. The van der Waals surface area contributed by atoms with Crippen molar-refractivity contribution in [2.75, 3.05) is 33.2 Å². The van der Waals surface area contributed by atoms with E-state index in [2.05, 4.69) is 43.8 Å². The third-order valence-corrected chi connectivity index (χ3v) is 4.76. The van der Waals surface area contributed by atoms with Crippen LogP contribution in [-0.4, -0.2) is 48.0 Å². The van der Waals surface area contributed by atoms with E-state index >= 15 is 0 Å². The zero-order chi connectivity index (χ0) is 14.8. The van der Waals surface area contributed by atoms with Crippen LogP contribution in [0, 0.1) is 11.3 Å². The van der Waals surface area contributed by atoms with Crippen LogP contribution in [0.3, 0.4) is 0 Å². The van der Waals surface area contributed by atoms with Crippen molar-refractivity contribution in [1.82, 2.24) is 14.8 Å². The minimum atomic E-state index is -0.232. The number of nitriles is 1. The van der Waals surface area contributed by atoms with Gasteiger partial charge in [0.25, 0.3) is 0 Å². The van der Waals surface area contributed by atoms with Gasteiger partial charge >= 0.3 is 0 Å². The van der Waals surface area contributed by atoms with Crippen molar-refractivity contribution in [3.63, 3.8) is 0 Å². The average molecular weight is 345 g/mol. The molecule has 2 aromatic rings. The summed E-state index contributed by atoms with van der Waals surface area (Å²) in [5.74, 6) is 0. The Morgan fingerprint density at radius 2 is 2.00 bits per heavy atom. The zero-order valence-corrected chi connectivity index (χ0v) is 13.5. The molecular weight excluding hydrogens is 328 g/mol. The van der Waals surface area contributed by atoms with Crippen molar-refractivity contribution >= 4 is 26.8 Å². The summed E-state index contributed by atoms with van der Waals surface area (Å²) in [6.45, 7) is 3.83. The Hall–Kier alpha value is -1.48.